The highest BCUT2D eigenvalue weighted by Gasteiger charge is 2.07. The number of aromatic carboxylic acids is 1. The van der Waals surface area contributed by atoms with Gasteiger partial charge in [0, 0.05) is 11.5 Å². The predicted molar refractivity (Wildman–Crippen MR) is 58.2 cm³/mol. The molecule has 1 heterocycles. The van der Waals surface area contributed by atoms with Crippen molar-refractivity contribution in [1.29, 1.82) is 0 Å². The van der Waals surface area contributed by atoms with Gasteiger partial charge in [-0.1, -0.05) is 0 Å². The van der Waals surface area contributed by atoms with Crippen LogP contribution in [0.15, 0.2) is 11.1 Å². The fraction of sp³-hybridized carbons (Fsp3) is 0.333. The van der Waals surface area contributed by atoms with Gasteiger partial charge in [-0.15, -0.1) is 11.3 Å². The van der Waals surface area contributed by atoms with Gasteiger partial charge in [-0.2, -0.15) is 0 Å². The van der Waals surface area contributed by atoms with Crippen LogP contribution in [0.3, 0.4) is 0 Å². The Morgan fingerprint density at radius 2 is 2.27 bits per heavy atom. The number of aromatic nitrogens is 1. The molecule has 0 atom stereocenters. The second kappa shape index (κ2) is 4.90. The van der Waals surface area contributed by atoms with Crippen LogP contribution in [0.4, 0.5) is 0 Å². The fourth-order valence-corrected chi connectivity index (χ4v) is 1.71. The zero-order chi connectivity index (χ0) is 11.4. The van der Waals surface area contributed by atoms with Crippen molar-refractivity contribution in [3.63, 3.8) is 0 Å². The van der Waals surface area contributed by atoms with Crippen LogP contribution in [0.2, 0.25) is 0 Å². The van der Waals surface area contributed by atoms with E-state index in [9.17, 15) is 9.90 Å². The first kappa shape index (κ1) is 11.7. The maximum atomic E-state index is 10.5. The summed E-state index contributed by atoms with van der Waals surface area (Å²) < 4.78 is 0. The van der Waals surface area contributed by atoms with Crippen molar-refractivity contribution in [3.05, 3.63) is 21.8 Å². The quantitative estimate of drug-likeness (QED) is 0.760. The predicted octanol–water partition coefficient (Wildman–Crippen LogP) is 1.30. The number of carboxylic acids is 1. The molecule has 0 fully saturated rings. The van der Waals surface area contributed by atoms with Gasteiger partial charge in [-0.3, -0.25) is 0 Å². The smallest absolute Gasteiger partial charge is 0.355 e. The third-order valence-corrected chi connectivity index (χ3v) is 2.30. The summed E-state index contributed by atoms with van der Waals surface area (Å²) in [4.78, 5) is 16.2. The molecule has 0 aliphatic carbocycles. The summed E-state index contributed by atoms with van der Waals surface area (Å²) in [6, 6.07) is 0. The van der Waals surface area contributed by atoms with Gasteiger partial charge in [0.15, 0.2) is 5.69 Å². The molecule has 1 aromatic heterocycles. The Morgan fingerprint density at radius 1 is 1.60 bits per heavy atom. The van der Waals surface area contributed by atoms with Gasteiger partial charge in [0.1, 0.15) is 10.8 Å². The zero-order valence-electron chi connectivity index (χ0n) is 8.47. The van der Waals surface area contributed by atoms with Gasteiger partial charge in [0.05, 0.1) is 6.54 Å². The number of aliphatic hydroxyl groups is 1. The molecule has 1 aromatic rings. The van der Waals surface area contributed by atoms with Crippen molar-refractivity contribution in [2.75, 3.05) is 20.6 Å². The summed E-state index contributed by atoms with van der Waals surface area (Å²) in [5.74, 6) is -0.899. The second-order valence-electron chi connectivity index (χ2n) is 3.25. The molecule has 0 amide bonds. The van der Waals surface area contributed by atoms with Gasteiger partial charge in [0.2, 0.25) is 0 Å². The number of nitrogens with zero attached hydrogens (tertiary/aromatic N) is 2. The maximum Gasteiger partial charge on any atom is 0.355 e. The molecule has 0 saturated heterocycles. The number of carbonyl (C=O) groups is 1. The topological polar surface area (TPSA) is 73.7 Å². The number of thiazole rings is 1. The van der Waals surface area contributed by atoms with Crippen LogP contribution >= 0.6 is 11.3 Å². The molecule has 0 bridgehead atoms. The van der Waals surface area contributed by atoms with Crippen LogP contribution in [0.25, 0.3) is 6.08 Å². The second-order valence-corrected chi connectivity index (χ2v) is 4.14. The minimum Gasteiger partial charge on any atom is -0.511 e. The Bertz CT molecular complexity index is 384. The summed E-state index contributed by atoms with van der Waals surface area (Å²) in [5.41, 5.74) is 0.00361. The van der Waals surface area contributed by atoms with E-state index >= 15 is 0 Å². The van der Waals surface area contributed by atoms with Gasteiger partial charge in [-0.25, -0.2) is 9.78 Å². The van der Waals surface area contributed by atoms with Crippen molar-refractivity contribution in [1.82, 2.24) is 9.88 Å². The third-order valence-electron chi connectivity index (χ3n) is 1.51. The Hall–Kier alpha value is -1.40. The molecule has 2 N–H and O–H groups in total. The third kappa shape index (κ3) is 3.69. The SMILES string of the molecule is CN(C)CC(O)=Cc1nc(C(=O)O)cs1. The molecule has 0 unspecified atom stereocenters. The highest BCUT2D eigenvalue weighted by Crippen LogP contribution is 2.13. The Balaban J connectivity index is 2.75. The van der Waals surface area contributed by atoms with Crippen molar-refractivity contribution in [2.24, 2.45) is 0 Å². The van der Waals surface area contributed by atoms with E-state index in [0.29, 0.717) is 11.6 Å². The highest BCUT2D eigenvalue weighted by atomic mass is 32.1. The van der Waals surface area contributed by atoms with E-state index in [0.717, 1.165) is 0 Å². The molecule has 6 heteroatoms. The van der Waals surface area contributed by atoms with E-state index in [2.05, 4.69) is 4.98 Å². The standard InChI is InChI=1S/C9H12N2O3S/c1-11(2)4-6(12)3-8-10-7(5-15-8)9(13)14/h3,5,12H,4H2,1-2H3,(H,13,14). The average Bonchev–Trinajstić information content (AvgIpc) is 2.50. The van der Waals surface area contributed by atoms with Crippen LogP contribution in [-0.4, -0.2) is 46.7 Å². The number of likely N-dealkylation sites (N-methyl/N-ethyl adjacent to an activating group) is 1. The normalized spacial score (nSPS) is 12.1. The molecular formula is C9H12N2O3S. The van der Waals surface area contributed by atoms with E-state index in [1.165, 1.54) is 22.8 Å². The summed E-state index contributed by atoms with van der Waals surface area (Å²) >= 11 is 1.19. The molecule has 15 heavy (non-hydrogen) atoms. The van der Waals surface area contributed by atoms with Crippen molar-refractivity contribution in [3.8, 4) is 0 Å². The lowest BCUT2D eigenvalue weighted by molar-refractivity contribution is 0.0691. The van der Waals surface area contributed by atoms with Gasteiger partial charge in [0.25, 0.3) is 0 Å². The average molecular weight is 228 g/mol. The number of aliphatic hydroxyl groups excluding tert-OH is 1. The number of rotatable bonds is 4. The summed E-state index contributed by atoms with van der Waals surface area (Å²) in [7, 11) is 3.66. The summed E-state index contributed by atoms with van der Waals surface area (Å²) in [5, 5.41) is 20.0. The Morgan fingerprint density at radius 3 is 2.73 bits per heavy atom. The Labute approximate surface area is 91.3 Å². The molecule has 5 nitrogen and oxygen atoms in total. The molecule has 0 spiro atoms. The Kier molecular flexibility index (Phi) is 3.81. The fourth-order valence-electron chi connectivity index (χ4n) is 0.964. The molecule has 0 saturated carbocycles. The highest BCUT2D eigenvalue weighted by molar-refractivity contribution is 7.10. The van der Waals surface area contributed by atoms with E-state index in [-0.39, 0.29) is 11.5 Å². The lowest BCUT2D eigenvalue weighted by Crippen LogP contribution is -2.14. The van der Waals surface area contributed by atoms with E-state index in [4.69, 9.17) is 5.11 Å². The van der Waals surface area contributed by atoms with Crippen LogP contribution < -0.4 is 0 Å². The number of hydrogen-bond donors (Lipinski definition) is 2. The van der Waals surface area contributed by atoms with Crippen molar-refractivity contribution >= 4 is 23.4 Å². The lowest BCUT2D eigenvalue weighted by Gasteiger charge is -2.07. The van der Waals surface area contributed by atoms with Gasteiger partial charge in [-0.05, 0) is 14.1 Å². The van der Waals surface area contributed by atoms with Crippen LogP contribution in [-0.2, 0) is 0 Å². The number of carboxylic acid groups (broad SMARTS) is 1. The van der Waals surface area contributed by atoms with Crippen molar-refractivity contribution < 1.29 is 15.0 Å². The minimum absolute atomic E-state index is 0.00361. The van der Waals surface area contributed by atoms with Crippen molar-refractivity contribution in [2.45, 2.75) is 0 Å². The molecular weight excluding hydrogens is 216 g/mol. The minimum atomic E-state index is -1.06. The van der Waals surface area contributed by atoms with Crippen LogP contribution in [0.5, 0.6) is 0 Å². The van der Waals surface area contributed by atoms with E-state index in [1.807, 2.05) is 14.1 Å². The number of hydrogen-bond acceptors (Lipinski definition) is 5. The van der Waals surface area contributed by atoms with Crippen LogP contribution in [0, 0.1) is 0 Å². The molecule has 0 aliphatic rings. The summed E-state index contributed by atoms with van der Waals surface area (Å²) in [6.07, 6.45) is 1.47. The lowest BCUT2D eigenvalue weighted by atomic mass is 10.4. The first-order valence-corrected chi connectivity index (χ1v) is 5.10. The molecule has 82 valence electrons. The van der Waals surface area contributed by atoms with Gasteiger partial charge < -0.3 is 15.1 Å². The summed E-state index contributed by atoms with van der Waals surface area (Å²) in [6.45, 7) is 0.405. The zero-order valence-corrected chi connectivity index (χ0v) is 9.28. The molecule has 0 aliphatic heterocycles. The maximum absolute atomic E-state index is 10.5. The van der Waals surface area contributed by atoms with Gasteiger partial charge >= 0.3 is 5.97 Å². The van der Waals surface area contributed by atoms with Crippen LogP contribution in [0.1, 0.15) is 15.5 Å². The molecule has 1 rings (SSSR count). The monoisotopic (exact) mass is 228 g/mol. The largest absolute Gasteiger partial charge is 0.511 e. The van der Waals surface area contributed by atoms with E-state index in [1.54, 1.807) is 4.90 Å². The van der Waals surface area contributed by atoms with E-state index < -0.39 is 5.97 Å². The first-order chi connectivity index (χ1) is 6.99. The first-order valence-electron chi connectivity index (χ1n) is 4.22. The molecule has 0 radical (unpaired) electrons. The molecule has 0 aromatic carbocycles.